The maximum Gasteiger partial charge on any atom is 0.199 e. The van der Waals surface area contributed by atoms with E-state index in [2.05, 4.69) is 38.1 Å². The maximum absolute atomic E-state index is 14.2. The molecule has 2 aromatic heterocycles. The van der Waals surface area contributed by atoms with Gasteiger partial charge in [-0.25, -0.2) is 9.36 Å². The summed E-state index contributed by atoms with van der Waals surface area (Å²) in [6.07, 6.45) is 19.8. The molecular weight excluding hydrogens is 492 g/mol. The molecule has 0 unspecified atom stereocenters. The van der Waals surface area contributed by atoms with E-state index in [9.17, 15) is 4.79 Å². The molecule has 5 heteroatoms. The van der Waals surface area contributed by atoms with Crippen molar-refractivity contribution in [2.24, 2.45) is 0 Å². The quantitative estimate of drug-likeness (QED) is 0.0937. The molecule has 2 heterocycles. The van der Waals surface area contributed by atoms with E-state index in [-0.39, 0.29) is 5.78 Å². The molecule has 0 bridgehead atoms. The first kappa shape index (κ1) is 29.5. The van der Waals surface area contributed by atoms with E-state index >= 15 is 0 Å². The van der Waals surface area contributed by atoms with Gasteiger partial charge in [0.15, 0.2) is 5.78 Å². The fraction of sp³-hybridized carbons (Fsp3) is 0.457. The number of ketones is 1. The molecule has 4 rings (SSSR count). The van der Waals surface area contributed by atoms with Crippen LogP contribution in [0.25, 0.3) is 11.4 Å². The second-order valence-corrected chi connectivity index (χ2v) is 10.9. The number of aromatic nitrogens is 4. The number of carbonyl (C=O) groups is 1. The van der Waals surface area contributed by atoms with Crippen molar-refractivity contribution in [2.45, 2.75) is 104 Å². The standard InChI is InChI=1S/C35H46N4O/c1-3-5-7-9-11-19-25-33-31(27-36-38(33)29-21-15-13-16-22-29)35(40)32-28-37-39(30-23-17-14-18-24-30)34(32)26-20-12-10-8-6-4-2/h13-18,21-24,27-28H,3-12,19-20,25-26H2,1-2H3. The topological polar surface area (TPSA) is 52.7 Å². The van der Waals surface area contributed by atoms with E-state index in [0.29, 0.717) is 11.1 Å². The summed E-state index contributed by atoms with van der Waals surface area (Å²) in [6.45, 7) is 4.49. The summed E-state index contributed by atoms with van der Waals surface area (Å²) < 4.78 is 3.93. The van der Waals surface area contributed by atoms with Crippen LogP contribution < -0.4 is 0 Å². The summed E-state index contributed by atoms with van der Waals surface area (Å²) in [5, 5.41) is 9.46. The second kappa shape index (κ2) is 16.0. The first-order valence-corrected chi connectivity index (χ1v) is 15.5. The van der Waals surface area contributed by atoms with Crippen molar-refractivity contribution in [3.8, 4) is 11.4 Å². The monoisotopic (exact) mass is 538 g/mol. The van der Waals surface area contributed by atoms with Crippen molar-refractivity contribution in [1.29, 1.82) is 0 Å². The van der Waals surface area contributed by atoms with Crippen LogP contribution in [-0.2, 0) is 12.8 Å². The van der Waals surface area contributed by atoms with Crippen molar-refractivity contribution in [2.75, 3.05) is 0 Å². The molecule has 0 aliphatic carbocycles. The fourth-order valence-corrected chi connectivity index (χ4v) is 5.48. The highest BCUT2D eigenvalue weighted by Gasteiger charge is 2.24. The van der Waals surface area contributed by atoms with E-state index in [0.717, 1.165) is 48.4 Å². The van der Waals surface area contributed by atoms with Gasteiger partial charge in [-0.3, -0.25) is 4.79 Å². The summed E-state index contributed by atoms with van der Waals surface area (Å²) in [7, 11) is 0. The van der Waals surface area contributed by atoms with Gasteiger partial charge in [0.05, 0.1) is 46.3 Å². The van der Waals surface area contributed by atoms with Crippen molar-refractivity contribution in [1.82, 2.24) is 19.6 Å². The van der Waals surface area contributed by atoms with Crippen LogP contribution in [0.4, 0.5) is 0 Å². The largest absolute Gasteiger partial charge is 0.288 e. The summed E-state index contributed by atoms with van der Waals surface area (Å²) in [6, 6.07) is 20.4. The molecule has 0 aliphatic heterocycles. The summed E-state index contributed by atoms with van der Waals surface area (Å²) in [5.41, 5.74) is 5.41. The van der Waals surface area contributed by atoms with Crippen molar-refractivity contribution in [3.05, 3.63) is 95.6 Å². The number of unbranched alkanes of at least 4 members (excludes halogenated alkanes) is 10. The molecule has 4 aromatic rings. The number of hydrogen-bond donors (Lipinski definition) is 0. The van der Waals surface area contributed by atoms with Crippen LogP contribution in [0.3, 0.4) is 0 Å². The Kier molecular flexibility index (Phi) is 11.8. The predicted octanol–water partition coefficient (Wildman–Crippen LogP) is 9.10. The van der Waals surface area contributed by atoms with Crippen molar-refractivity contribution in [3.63, 3.8) is 0 Å². The van der Waals surface area contributed by atoms with Crippen LogP contribution in [0.15, 0.2) is 73.1 Å². The number of benzene rings is 2. The predicted molar refractivity (Wildman–Crippen MR) is 165 cm³/mol. The molecule has 0 N–H and O–H groups in total. The minimum Gasteiger partial charge on any atom is -0.288 e. The van der Waals surface area contributed by atoms with Crippen LogP contribution in [0.5, 0.6) is 0 Å². The van der Waals surface area contributed by atoms with E-state index in [1.807, 2.05) is 45.8 Å². The summed E-state index contributed by atoms with van der Waals surface area (Å²) >= 11 is 0. The molecule has 212 valence electrons. The van der Waals surface area contributed by atoms with Crippen molar-refractivity contribution < 1.29 is 4.79 Å². The molecule has 0 aliphatic rings. The Morgan fingerprint density at radius 2 is 0.925 bits per heavy atom. The number of carbonyl (C=O) groups excluding carboxylic acids is 1. The van der Waals surface area contributed by atoms with Crippen LogP contribution in [0.2, 0.25) is 0 Å². The number of rotatable bonds is 18. The lowest BCUT2D eigenvalue weighted by Crippen LogP contribution is -2.11. The van der Waals surface area contributed by atoms with Gasteiger partial charge in [-0.15, -0.1) is 0 Å². The smallest absolute Gasteiger partial charge is 0.199 e. The van der Waals surface area contributed by atoms with E-state index < -0.39 is 0 Å². The molecule has 5 nitrogen and oxygen atoms in total. The molecule has 0 amide bonds. The minimum atomic E-state index is 0.0336. The molecule has 2 aromatic carbocycles. The van der Waals surface area contributed by atoms with Gasteiger partial charge in [0, 0.05) is 0 Å². The molecule has 0 atom stereocenters. The highest BCUT2D eigenvalue weighted by Crippen LogP contribution is 2.25. The Balaban J connectivity index is 1.61. The Bertz CT molecular complexity index is 1190. The van der Waals surface area contributed by atoms with Gasteiger partial charge < -0.3 is 0 Å². The zero-order valence-electron chi connectivity index (χ0n) is 24.5. The normalized spacial score (nSPS) is 11.2. The fourth-order valence-electron chi connectivity index (χ4n) is 5.48. The van der Waals surface area contributed by atoms with Gasteiger partial charge in [-0.05, 0) is 49.9 Å². The van der Waals surface area contributed by atoms with Crippen LogP contribution in [-0.4, -0.2) is 25.3 Å². The highest BCUT2D eigenvalue weighted by atomic mass is 16.1. The maximum atomic E-state index is 14.2. The molecule has 0 spiro atoms. The second-order valence-electron chi connectivity index (χ2n) is 10.9. The molecule has 0 saturated heterocycles. The van der Waals surface area contributed by atoms with Gasteiger partial charge in [0.25, 0.3) is 0 Å². The summed E-state index contributed by atoms with van der Waals surface area (Å²) in [4.78, 5) is 14.2. The van der Waals surface area contributed by atoms with Gasteiger partial charge in [0.1, 0.15) is 0 Å². The van der Waals surface area contributed by atoms with Crippen LogP contribution in [0.1, 0.15) is 118 Å². The summed E-state index contributed by atoms with van der Waals surface area (Å²) in [5.74, 6) is 0.0336. The lowest BCUT2D eigenvalue weighted by molar-refractivity contribution is 0.103. The average molecular weight is 539 g/mol. The average Bonchev–Trinajstić information content (AvgIpc) is 3.62. The van der Waals surface area contributed by atoms with Crippen LogP contribution in [0, 0.1) is 0 Å². The SMILES string of the molecule is CCCCCCCCc1c(C(=O)c2cnn(-c3ccccc3)c2CCCCCCCC)cnn1-c1ccccc1. The lowest BCUT2D eigenvalue weighted by atomic mass is 9.98. The zero-order valence-corrected chi connectivity index (χ0v) is 24.5. The molecule has 0 saturated carbocycles. The van der Waals surface area contributed by atoms with E-state index in [1.54, 1.807) is 12.4 Å². The third-order valence-corrected chi connectivity index (χ3v) is 7.76. The third-order valence-electron chi connectivity index (χ3n) is 7.76. The molecule has 0 radical (unpaired) electrons. The Labute approximate surface area is 240 Å². The lowest BCUT2D eigenvalue weighted by Gasteiger charge is -2.12. The van der Waals surface area contributed by atoms with Crippen LogP contribution >= 0.6 is 0 Å². The Hall–Kier alpha value is -3.47. The van der Waals surface area contributed by atoms with Gasteiger partial charge in [-0.2, -0.15) is 10.2 Å². The van der Waals surface area contributed by atoms with Gasteiger partial charge >= 0.3 is 0 Å². The first-order chi connectivity index (χ1) is 19.7. The Morgan fingerprint density at radius 1 is 0.550 bits per heavy atom. The third kappa shape index (κ3) is 7.80. The number of nitrogens with zero attached hydrogens (tertiary/aromatic N) is 4. The molecular formula is C35H46N4O. The molecule has 0 fully saturated rings. The number of para-hydroxylation sites is 2. The Morgan fingerprint density at radius 3 is 1.32 bits per heavy atom. The first-order valence-electron chi connectivity index (χ1n) is 15.5. The van der Waals surface area contributed by atoms with Gasteiger partial charge in [-0.1, -0.05) is 114 Å². The number of hydrogen-bond acceptors (Lipinski definition) is 3. The van der Waals surface area contributed by atoms with Crippen molar-refractivity contribution >= 4 is 5.78 Å². The molecule has 40 heavy (non-hydrogen) atoms. The van der Waals surface area contributed by atoms with E-state index in [4.69, 9.17) is 10.2 Å². The highest BCUT2D eigenvalue weighted by molar-refractivity contribution is 6.10. The zero-order chi connectivity index (χ0) is 28.0. The minimum absolute atomic E-state index is 0.0336. The van der Waals surface area contributed by atoms with Gasteiger partial charge in [0.2, 0.25) is 0 Å². The van der Waals surface area contributed by atoms with E-state index in [1.165, 1.54) is 64.2 Å².